The molecule has 0 aromatic heterocycles. The van der Waals surface area contributed by atoms with E-state index in [2.05, 4.69) is 32.2 Å². The van der Waals surface area contributed by atoms with Gasteiger partial charge in [0.2, 0.25) is 0 Å². The Bertz CT molecular complexity index is 397. The Labute approximate surface area is 121 Å². The Morgan fingerprint density at radius 2 is 1.63 bits per heavy atom. The van der Waals surface area contributed by atoms with Gasteiger partial charge in [-0.2, -0.15) is 0 Å². The van der Waals surface area contributed by atoms with Crippen LogP contribution in [0.5, 0.6) is 0 Å². The second kappa shape index (κ2) is 10.6. The molecule has 1 aliphatic carbocycles. The summed E-state index contributed by atoms with van der Waals surface area (Å²) >= 11 is 0. The van der Waals surface area contributed by atoms with E-state index >= 15 is 0 Å². The number of aryl methyl sites for hydroxylation is 2. The summed E-state index contributed by atoms with van der Waals surface area (Å²) in [4.78, 5) is 0. The molecule has 0 aliphatic heterocycles. The first-order chi connectivity index (χ1) is 8.74. The lowest BCUT2D eigenvalue weighted by Crippen LogP contribution is -2.04. The molecular formula is C19H32. The van der Waals surface area contributed by atoms with Gasteiger partial charge in [0.1, 0.15) is 0 Å². The van der Waals surface area contributed by atoms with E-state index in [1.165, 1.54) is 40.7 Å². The number of benzene rings is 1. The van der Waals surface area contributed by atoms with Gasteiger partial charge in [-0.1, -0.05) is 66.5 Å². The molecule has 2 rings (SSSR count). The third kappa shape index (κ3) is 4.70. The molecule has 1 aromatic carbocycles. The van der Waals surface area contributed by atoms with Gasteiger partial charge in [-0.3, -0.25) is 0 Å². The van der Waals surface area contributed by atoms with Crippen LogP contribution in [-0.4, -0.2) is 0 Å². The summed E-state index contributed by atoms with van der Waals surface area (Å²) in [6.07, 6.45) is 5.53. The third-order valence-corrected chi connectivity index (χ3v) is 3.03. The first kappa shape index (κ1) is 20.0. The van der Waals surface area contributed by atoms with Crippen LogP contribution in [0.25, 0.3) is 11.6 Å². The zero-order valence-corrected chi connectivity index (χ0v) is 12.8. The van der Waals surface area contributed by atoms with Crippen molar-refractivity contribution in [1.82, 2.24) is 0 Å². The van der Waals surface area contributed by atoms with Crippen LogP contribution in [0, 0.1) is 6.92 Å². The maximum atomic E-state index is 4.16. The predicted octanol–water partition coefficient (Wildman–Crippen LogP) is 6.68. The Hall–Kier alpha value is -1.30. The molecule has 0 bridgehead atoms. The number of allylic oxidation sites excluding steroid dienone is 1. The molecule has 108 valence electrons. The van der Waals surface area contributed by atoms with Gasteiger partial charge in [0.25, 0.3) is 0 Å². The van der Waals surface area contributed by atoms with Crippen molar-refractivity contribution in [2.24, 2.45) is 0 Å². The summed E-state index contributed by atoms with van der Waals surface area (Å²) in [5.41, 5.74) is 6.69. The maximum absolute atomic E-state index is 4.16. The van der Waals surface area contributed by atoms with E-state index in [-0.39, 0.29) is 7.43 Å². The van der Waals surface area contributed by atoms with Crippen molar-refractivity contribution >= 4 is 11.6 Å². The Morgan fingerprint density at radius 1 is 1.05 bits per heavy atom. The summed E-state index contributed by atoms with van der Waals surface area (Å²) in [5, 5.41) is 0. The summed E-state index contributed by atoms with van der Waals surface area (Å²) in [5.74, 6) is 0. The van der Waals surface area contributed by atoms with Crippen LogP contribution in [0.15, 0.2) is 25.3 Å². The van der Waals surface area contributed by atoms with E-state index < -0.39 is 0 Å². The second-order valence-corrected chi connectivity index (χ2v) is 3.99. The Balaban J connectivity index is 0. The van der Waals surface area contributed by atoms with Crippen LogP contribution in [0.4, 0.5) is 0 Å². The molecule has 0 saturated carbocycles. The van der Waals surface area contributed by atoms with Crippen LogP contribution < -0.4 is 0 Å². The minimum atomic E-state index is 0. The minimum absolute atomic E-state index is 0. The molecule has 0 amide bonds. The molecule has 1 aliphatic rings. The van der Waals surface area contributed by atoms with Crippen molar-refractivity contribution in [3.8, 4) is 0 Å². The largest absolute Gasteiger partial charge is 0.0984 e. The SMILES string of the molecule is C.C=Cc1c(C)ccc2c1C(=C)CCC2.CC.CC. The lowest BCUT2D eigenvalue weighted by Gasteiger charge is -2.21. The van der Waals surface area contributed by atoms with E-state index in [0.29, 0.717) is 0 Å². The summed E-state index contributed by atoms with van der Waals surface area (Å²) in [6, 6.07) is 4.43. The van der Waals surface area contributed by atoms with E-state index in [1.807, 2.05) is 33.8 Å². The van der Waals surface area contributed by atoms with Crippen LogP contribution >= 0.6 is 0 Å². The fourth-order valence-corrected chi connectivity index (χ4v) is 2.27. The molecule has 0 radical (unpaired) electrons. The average Bonchev–Trinajstić information content (AvgIpc) is 2.44. The van der Waals surface area contributed by atoms with Crippen molar-refractivity contribution < 1.29 is 0 Å². The highest BCUT2D eigenvalue weighted by Crippen LogP contribution is 2.34. The van der Waals surface area contributed by atoms with Gasteiger partial charge in [0.05, 0.1) is 0 Å². The topological polar surface area (TPSA) is 0 Å². The zero-order chi connectivity index (χ0) is 14.1. The highest BCUT2D eigenvalue weighted by molar-refractivity contribution is 5.77. The highest BCUT2D eigenvalue weighted by Gasteiger charge is 2.15. The van der Waals surface area contributed by atoms with E-state index in [4.69, 9.17) is 0 Å². The van der Waals surface area contributed by atoms with Gasteiger partial charge in [-0.05, 0) is 54.0 Å². The molecule has 0 nitrogen and oxygen atoms in total. The van der Waals surface area contributed by atoms with Crippen molar-refractivity contribution in [1.29, 1.82) is 0 Å². The van der Waals surface area contributed by atoms with Crippen LogP contribution in [0.1, 0.15) is 70.2 Å². The van der Waals surface area contributed by atoms with Crippen molar-refractivity contribution in [2.75, 3.05) is 0 Å². The second-order valence-electron chi connectivity index (χ2n) is 3.99. The maximum Gasteiger partial charge on any atom is -0.0123 e. The van der Waals surface area contributed by atoms with Gasteiger partial charge in [0.15, 0.2) is 0 Å². The van der Waals surface area contributed by atoms with Crippen molar-refractivity contribution in [2.45, 2.75) is 61.3 Å². The van der Waals surface area contributed by atoms with Crippen molar-refractivity contribution in [3.05, 3.63) is 47.5 Å². The number of rotatable bonds is 1. The molecule has 0 fully saturated rings. The monoisotopic (exact) mass is 260 g/mol. The molecule has 0 heteroatoms. The molecule has 0 N–H and O–H groups in total. The van der Waals surface area contributed by atoms with Gasteiger partial charge in [0, 0.05) is 0 Å². The normalized spacial score (nSPS) is 11.7. The highest BCUT2D eigenvalue weighted by atomic mass is 14.2. The van der Waals surface area contributed by atoms with E-state index in [1.54, 1.807) is 0 Å². The molecule has 1 aromatic rings. The number of hydrogen-bond acceptors (Lipinski definition) is 0. The molecule has 19 heavy (non-hydrogen) atoms. The number of fused-ring (bicyclic) bond motifs is 1. The van der Waals surface area contributed by atoms with Crippen LogP contribution in [-0.2, 0) is 6.42 Å². The third-order valence-electron chi connectivity index (χ3n) is 3.03. The molecule has 0 saturated heterocycles. The van der Waals surface area contributed by atoms with Gasteiger partial charge >= 0.3 is 0 Å². The smallest absolute Gasteiger partial charge is 0.0123 e. The quantitative estimate of drug-likeness (QED) is 0.528. The molecule has 0 unspecified atom stereocenters. The van der Waals surface area contributed by atoms with Crippen LogP contribution in [0.2, 0.25) is 0 Å². The first-order valence-corrected chi connectivity index (χ1v) is 7.17. The van der Waals surface area contributed by atoms with Crippen molar-refractivity contribution in [3.63, 3.8) is 0 Å². The fraction of sp³-hybridized carbons (Fsp3) is 0.474. The lowest BCUT2D eigenvalue weighted by atomic mass is 9.83. The molecular weight excluding hydrogens is 228 g/mol. The fourth-order valence-electron chi connectivity index (χ4n) is 2.27. The van der Waals surface area contributed by atoms with Crippen LogP contribution in [0.3, 0.4) is 0 Å². The molecule has 0 spiro atoms. The van der Waals surface area contributed by atoms with E-state index in [0.717, 1.165) is 6.42 Å². The standard InChI is InChI=1S/C14H16.2C2H6.CH4/c1-4-13-10(2)8-9-12-7-5-6-11(3)14(12)13;2*1-2;/h4,8-9H,1,3,5-7H2,2H3;2*1-2H3;1H4. The average molecular weight is 260 g/mol. The predicted molar refractivity (Wildman–Crippen MR) is 92.7 cm³/mol. The summed E-state index contributed by atoms with van der Waals surface area (Å²) in [6.45, 7) is 18.2. The van der Waals surface area contributed by atoms with Gasteiger partial charge in [-0.25, -0.2) is 0 Å². The number of hydrogen-bond donors (Lipinski definition) is 0. The Kier molecular flexibility index (Phi) is 11.2. The van der Waals surface area contributed by atoms with Gasteiger partial charge in [-0.15, -0.1) is 0 Å². The zero-order valence-electron chi connectivity index (χ0n) is 12.8. The minimum Gasteiger partial charge on any atom is -0.0984 e. The molecule has 0 atom stereocenters. The molecule has 0 heterocycles. The first-order valence-electron chi connectivity index (χ1n) is 7.17. The summed E-state index contributed by atoms with van der Waals surface area (Å²) in [7, 11) is 0. The van der Waals surface area contributed by atoms with E-state index in [9.17, 15) is 0 Å². The van der Waals surface area contributed by atoms with Gasteiger partial charge < -0.3 is 0 Å². The lowest BCUT2D eigenvalue weighted by molar-refractivity contribution is 0.822. The Morgan fingerprint density at radius 3 is 2.16 bits per heavy atom. The summed E-state index contributed by atoms with van der Waals surface area (Å²) < 4.78 is 0.